The van der Waals surface area contributed by atoms with Gasteiger partial charge in [-0.1, -0.05) is 26.8 Å². The fourth-order valence-electron chi connectivity index (χ4n) is 2.87. The quantitative estimate of drug-likeness (QED) is 0.854. The van der Waals surface area contributed by atoms with Crippen molar-refractivity contribution in [1.29, 1.82) is 0 Å². The number of fused-ring (bicyclic) bond motifs is 1. The van der Waals surface area contributed by atoms with E-state index in [1.165, 1.54) is 17.7 Å². The van der Waals surface area contributed by atoms with Crippen molar-refractivity contribution in [3.05, 3.63) is 33.7 Å². The Bertz CT molecular complexity index is 476. The largest absolute Gasteiger partial charge is 0.312 e. The standard InChI is InChI=1S/C16H26N2O/c1-4-10-17-14(12(2)3)11-18-15-7-5-6-13(15)8-9-16(18)19/h8-9,12,14,17H,4-7,10-11H2,1-3H3. The third kappa shape index (κ3) is 3.27. The van der Waals surface area contributed by atoms with Crippen LogP contribution in [-0.2, 0) is 19.4 Å². The van der Waals surface area contributed by atoms with Crippen LogP contribution in [0.15, 0.2) is 16.9 Å². The molecule has 0 saturated heterocycles. The van der Waals surface area contributed by atoms with Crippen molar-refractivity contribution in [3.63, 3.8) is 0 Å². The molecule has 3 nitrogen and oxygen atoms in total. The van der Waals surface area contributed by atoms with Crippen molar-refractivity contribution in [2.45, 2.75) is 59.0 Å². The van der Waals surface area contributed by atoms with E-state index < -0.39 is 0 Å². The van der Waals surface area contributed by atoms with E-state index in [2.05, 4.69) is 26.1 Å². The maximum Gasteiger partial charge on any atom is 0.250 e. The highest BCUT2D eigenvalue weighted by Crippen LogP contribution is 2.20. The van der Waals surface area contributed by atoms with E-state index in [-0.39, 0.29) is 5.56 Å². The summed E-state index contributed by atoms with van der Waals surface area (Å²) in [5, 5.41) is 3.58. The van der Waals surface area contributed by atoms with Gasteiger partial charge in [-0.15, -0.1) is 0 Å². The molecule has 0 spiro atoms. The number of aryl methyl sites for hydroxylation is 1. The fourth-order valence-corrected chi connectivity index (χ4v) is 2.87. The molecule has 19 heavy (non-hydrogen) atoms. The Morgan fingerprint density at radius 3 is 2.79 bits per heavy atom. The van der Waals surface area contributed by atoms with Crippen molar-refractivity contribution in [2.24, 2.45) is 5.92 Å². The molecule has 1 aromatic rings. The number of aromatic nitrogens is 1. The van der Waals surface area contributed by atoms with E-state index in [1.807, 2.05) is 10.6 Å². The zero-order valence-corrected chi connectivity index (χ0v) is 12.4. The van der Waals surface area contributed by atoms with Gasteiger partial charge in [-0.05, 0) is 43.7 Å². The van der Waals surface area contributed by atoms with Crippen LogP contribution in [0.4, 0.5) is 0 Å². The van der Waals surface area contributed by atoms with Crippen molar-refractivity contribution < 1.29 is 0 Å². The predicted molar refractivity (Wildman–Crippen MR) is 79.6 cm³/mol. The molecule has 1 aromatic heterocycles. The molecule has 0 bridgehead atoms. The molecule has 1 unspecified atom stereocenters. The third-order valence-corrected chi connectivity index (χ3v) is 4.09. The van der Waals surface area contributed by atoms with Crippen molar-refractivity contribution in [3.8, 4) is 0 Å². The van der Waals surface area contributed by atoms with Gasteiger partial charge in [-0.25, -0.2) is 0 Å². The highest BCUT2D eigenvalue weighted by Gasteiger charge is 2.19. The summed E-state index contributed by atoms with van der Waals surface area (Å²) in [6, 6.07) is 4.14. The molecule has 2 rings (SSSR count). The number of nitrogens with one attached hydrogen (secondary N) is 1. The predicted octanol–water partition coefficient (Wildman–Crippen LogP) is 2.36. The molecule has 106 valence electrons. The minimum atomic E-state index is 0.157. The normalized spacial score (nSPS) is 15.8. The molecule has 0 aromatic carbocycles. The zero-order valence-electron chi connectivity index (χ0n) is 12.4. The molecule has 3 heteroatoms. The first-order chi connectivity index (χ1) is 9.13. The Kier molecular flexibility index (Phi) is 4.81. The van der Waals surface area contributed by atoms with Crippen LogP contribution in [0.2, 0.25) is 0 Å². The van der Waals surface area contributed by atoms with Crippen molar-refractivity contribution >= 4 is 0 Å². The average molecular weight is 262 g/mol. The molecular formula is C16H26N2O. The summed E-state index contributed by atoms with van der Waals surface area (Å²) in [5.74, 6) is 0.538. The van der Waals surface area contributed by atoms with Gasteiger partial charge in [-0.2, -0.15) is 0 Å². The summed E-state index contributed by atoms with van der Waals surface area (Å²) in [4.78, 5) is 12.1. The van der Waals surface area contributed by atoms with E-state index in [1.54, 1.807) is 6.07 Å². The van der Waals surface area contributed by atoms with Gasteiger partial charge in [0.1, 0.15) is 0 Å². The highest BCUT2D eigenvalue weighted by atomic mass is 16.1. The molecule has 0 saturated carbocycles. The SMILES string of the molecule is CCCNC(Cn1c2c(ccc1=O)CCC2)C(C)C. The second kappa shape index (κ2) is 6.38. The van der Waals surface area contributed by atoms with E-state index in [0.29, 0.717) is 12.0 Å². The molecule has 0 amide bonds. The summed E-state index contributed by atoms with van der Waals surface area (Å²) in [5.41, 5.74) is 2.80. The second-order valence-electron chi connectivity index (χ2n) is 5.91. The average Bonchev–Trinajstić information content (AvgIpc) is 2.84. The van der Waals surface area contributed by atoms with Gasteiger partial charge in [0, 0.05) is 24.3 Å². The van der Waals surface area contributed by atoms with Gasteiger partial charge >= 0.3 is 0 Å². The Hall–Kier alpha value is -1.09. The molecule has 0 radical (unpaired) electrons. The molecular weight excluding hydrogens is 236 g/mol. The Balaban J connectivity index is 2.21. The van der Waals surface area contributed by atoms with Gasteiger partial charge in [-0.3, -0.25) is 4.79 Å². The number of pyridine rings is 1. The van der Waals surface area contributed by atoms with E-state index in [9.17, 15) is 4.79 Å². The van der Waals surface area contributed by atoms with Crippen LogP contribution in [-0.4, -0.2) is 17.2 Å². The van der Waals surface area contributed by atoms with Gasteiger partial charge in [0.15, 0.2) is 0 Å². The van der Waals surface area contributed by atoms with Gasteiger partial charge < -0.3 is 9.88 Å². The number of hydrogen-bond donors (Lipinski definition) is 1. The highest BCUT2D eigenvalue weighted by molar-refractivity contribution is 5.25. The molecule has 1 aliphatic rings. The molecule has 0 aliphatic heterocycles. The van der Waals surface area contributed by atoms with E-state index in [0.717, 1.165) is 32.4 Å². The smallest absolute Gasteiger partial charge is 0.250 e. The monoisotopic (exact) mass is 262 g/mol. The van der Waals surface area contributed by atoms with Crippen LogP contribution >= 0.6 is 0 Å². The van der Waals surface area contributed by atoms with Crippen LogP contribution < -0.4 is 10.9 Å². The lowest BCUT2D eigenvalue weighted by Gasteiger charge is -2.24. The van der Waals surface area contributed by atoms with Crippen molar-refractivity contribution in [2.75, 3.05) is 6.54 Å². The van der Waals surface area contributed by atoms with E-state index in [4.69, 9.17) is 0 Å². The minimum absolute atomic E-state index is 0.157. The van der Waals surface area contributed by atoms with E-state index >= 15 is 0 Å². The fraction of sp³-hybridized carbons (Fsp3) is 0.688. The number of rotatable bonds is 6. The van der Waals surface area contributed by atoms with Crippen LogP contribution in [0.3, 0.4) is 0 Å². The first kappa shape index (κ1) is 14.3. The Morgan fingerprint density at radius 2 is 2.11 bits per heavy atom. The summed E-state index contributed by atoms with van der Waals surface area (Å²) >= 11 is 0. The summed E-state index contributed by atoms with van der Waals surface area (Å²) in [6.07, 6.45) is 4.51. The molecule has 1 aliphatic carbocycles. The zero-order chi connectivity index (χ0) is 13.8. The second-order valence-corrected chi connectivity index (χ2v) is 5.91. The van der Waals surface area contributed by atoms with Crippen molar-refractivity contribution in [1.82, 2.24) is 9.88 Å². The van der Waals surface area contributed by atoms with Crippen LogP contribution in [0.1, 0.15) is 44.9 Å². The third-order valence-electron chi connectivity index (χ3n) is 4.09. The maximum atomic E-state index is 12.1. The van der Waals surface area contributed by atoms with Crippen LogP contribution in [0.25, 0.3) is 0 Å². The number of hydrogen-bond acceptors (Lipinski definition) is 2. The van der Waals surface area contributed by atoms with Crippen LogP contribution in [0, 0.1) is 5.92 Å². The summed E-state index contributed by atoms with van der Waals surface area (Å²) < 4.78 is 2.01. The van der Waals surface area contributed by atoms with Crippen LogP contribution in [0.5, 0.6) is 0 Å². The maximum absolute atomic E-state index is 12.1. The lowest BCUT2D eigenvalue weighted by atomic mass is 10.0. The van der Waals surface area contributed by atoms with Gasteiger partial charge in [0.05, 0.1) is 0 Å². The number of nitrogens with zero attached hydrogens (tertiary/aromatic N) is 1. The van der Waals surface area contributed by atoms with Gasteiger partial charge in [0.25, 0.3) is 5.56 Å². The lowest BCUT2D eigenvalue weighted by Crippen LogP contribution is -2.41. The molecule has 0 fully saturated rings. The molecule has 1 atom stereocenters. The summed E-state index contributed by atoms with van der Waals surface area (Å²) in [7, 11) is 0. The summed E-state index contributed by atoms with van der Waals surface area (Å²) in [6.45, 7) is 8.45. The first-order valence-corrected chi connectivity index (χ1v) is 7.58. The first-order valence-electron chi connectivity index (χ1n) is 7.58. The topological polar surface area (TPSA) is 34.0 Å². The lowest BCUT2D eigenvalue weighted by molar-refractivity contribution is 0.349. The minimum Gasteiger partial charge on any atom is -0.312 e. The Labute approximate surface area is 116 Å². The molecule has 1 N–H and O–H groups in total. The molecule has 1 heterocycles. The Morgan fingerprint density at radius 1 is 1.32 bits per heavy atom. The van der Waals surface area contributed by atoms with Gasteiger partial charge in [0.2, 0.25) is 0 Å².